The summed E-state index contributed by atoms with van der Waals surface area (Å²) < 4.78 is 2.24. The lowest BCUT2D eigenvalue weighted by Gasteiger charge is -2.02. The number of hydrogen-bond donors (Lipinski definition) is 0. The zero-order valence-corrected chi connectivity index (χ0v) is 8.97. The summed E-state index contributed by atoms with van der Waals surface area (Å²) in [6.07, 6.45) is 3.50. The fourth-order valence-corrected chi connectivity index (χ4v) is 3.31. The van der Waals surface area contributed by atoms with E-state index in [1.165, 1.54) is 33.5 Å². The molecule has 0 radical (unpaired) electrons. The Hall–Kier alpha value is -1.02. The normalized spacial score (nSPS) is 14.6. The Bertz CT molecular complexity index is 505. The first-order chi connectivity index (χ1) is 6.86. The Labute approximate surface area is 87.8 Å². The summed E-state index contributed by atoms with van der Waals surface area (Å²) in [6, 6.07) is 8.65. The molecule has 0 saturated carbocycles. The first-order valence-corrected chi connectivity index (χ1v) is 5.88. The van der Waals surface area contributed by atoms with Crippen molar-refractivity contribution in [1.29, 1.82) is 0 Å². The van der Waals surface area contributed by atoms with E-state index in [-0.39, 0.29) is 0 Å². The zero-order chi connectivity index (χ0) is 9.54. The minimum atomic E-state index is 1.22. The number of benzene rings is 1. The SMILES string of the molecule is C[n+]1cc2c(c3ccccc31)SCC2. The van der Waals surface area contributed by atoms with Gasteiger partial charge in [0.1, 0.15) is 7.05 Å². The molecule has 2 heterocycles. The lowest BCUT2D eigenvalue weighted by atomic mass is 10.1. The van der Waals surface area contributed by atoms with E-state index in [2.05, 4.69) is 42.1 Å². The molecule has 14 heavy (non-hydrogen) atoms. The third-order valence-corrected chi connectivity index (χ3v) is 3.97. The van der Waals surface area contributed by atoms with Crippen LogP contribution in [0.25, 0.3) is 10.9 Å². The van der Waals surface area contributed by atoms with E-state index >= 15 is 0 Å². The summed E-state index contributed by atoms with van der Waals surface area (Å²) in [4.78, 5) is 1.50. The molecule has 2 heteroatoms. The number of thioether (sulfide) groups is 1. The van der Waals surface area contributed by atoms with Crippen molar-refractivity contribution in [2.75, 3.05) is 5.75 Å². The first-order valence-electron chi connectivity index (χ1n) is 4.89. The molecule has 70 valence electrons. The molecule has 0 N–H and O–H groups in total. The van der Waals surface area contributed by atoms with E-state index in [1.807, 2.05) is 11.8 Å². The molecular formula is C12H12NS+. The van der Waals surface area contributed by atoms with Crippen LogP contribution in [0.1, 0.15) is 5.56 Å². The second kappa shape index (κ2) is 2.99. The highest BCUT2D eigenvalue weighted by molar-refractivity contribution is 7.99. The molecule has 0 spiro atoms. The maximum Gasteiger partial charge on any atom is 0.213 e. The van der Waals surface area contributed by atoms with Gasteiger partial charge in [-0.3, -0.25) is 0 Å². The molecule has 1 aliphatic rings. The number of rotatable bonds is 0. The summed E-state index contributed by atoms with van der Waals surface area (Å²) in [5.74, 6) is 1.24. The van der Waals surface area contributed by atoms with Crippen molar-refractivity contribution in [1.82, 2.24) is 0 Å². The Morgan fingerprint density at radius 2 is 2.14 bits per heavy atom. The largest absolute Gasteiger partial charge is 0.213 e. The van der Waals surface area contributed by atoms with Crippen LogP contribution in [-0.4, -0.2) is 5.75 Å². The number of nitrogens with zero attached hydrogens (tertiary/aromatic N) is 1. The molecule has 1 aromatic heterocycles. The summed E-state index contributed by atoms with van der Waals surface area (Å²) in [5.41, 5.74) is 2.84. The van der Waals surface area contributed by atoms with Gasteiger partial charge in [0.2, 0.25) is 5.52 Å². The van der Waals surface area contributed by atoms with Crippen LogP contribution >= 0.6 is 11.8 Å². The van der Waals surface area contributed by atoms with Crippen LogP contribution in [0.3, 0.4) is 0 Å². The second-order valence-electron chi connectivity index (χ2n) is 3.71. The number of para-hydroxylation sites is 1. The van der Waals surface area contributed by atoms with Crippen LogP contribution in [0, 0.1) is 0 Å². The Kier molecular flexibility index (Phi) is 1.77. The highest BCUT2D eigenvalue weighted by atomic mass is 32.2. The molecule has 1 aliphatic heterocycles. The molecular weight excluding hydrogens is 190 g/mol. The van der Waals surface area contributed by atoms with Crippen LogP contribution in [0.2, 0.25) is 0 Å². The third kappa shape index (κ3) is 1.07. The predicted molar refractivity (Wildman–Crippen MR) is 59.6 cm³/mol. The number of aromatic nitrogens is 1. The van der Waals surface area contributed by atoms with Crippen LogP contribution in [-0.2, 0) is 13.5 Å². The second-order valence-corrected chi connectivity index (χ2v) is 4.82. The van der Waals surface area contributed by atoms with E-state index in [0.717, 1.165) is 0 Å². The maximum absolute atomic E-state index is 2.28. The lowest BCUT2D eigenvalue weighted by molar-refractivity contribution is -0.645. The smallest absolute Gasteiger partial charge is 0.201 e. The van der Waals surface area contributed by atoms with Gasteiger partial charge < -0.3 is 0 Å². The van der Waals surface area contributed by atoms with Gasteiger partial charge in [0.05, 0.1) is 5.39 Å². The van der Waals surface area contributed by atoms with Gasteiger partial charge in [0.25, 0.3) is 0 Å². The molecule has 3 rings (SSSR count). The van der Waals surface area contributed by atoms with Crippen LogP contribution in [0.4, 0.5) is 0 Å². The van der Waals surface area contributed by atoms with Crippen LogP contribution in [0.15, 0.2) is 35.4 Å². The summed E-state index contributed by atoms with van der Waals surface area (Å²) >= 11 is 1.99. The molecule has 0 atom stereocenters. The standard InChI is InChI=1S/C12H12NS/c1-13-8-9-6-7-14-12(9)10-4-2-3-5-11(10)13/h2-5,8H,6-7H2,1H3/q+1. The van der Waals surface area contributed by atoms with Gasteiger partial charge in [-0.15, -0.1) is 11.8 Å². The lowest BCUT2D eigenvalue weighted by Crippen LogP contribution is -2.29. The molecule has 0 amide bonds. The number of hydrogen-bond acceptors (Lipinski definition) is 1. The topological polar surface area (TPSA) is 3.88 Å². The molecule has 0 aliphatic carbocycles. The van der Waals surface area contributed by atoms with E-state index in [1.54, 1.807) is 0 Å². The number of pyridine rings is 1. The van der Waals surface area contributed by atoms with Gasteiger partial charge in [-0.25, -0.2) is 4.57 Å². The fraction of sp³-hybridized carbons (Fsp3) is 0.250. The van der Waals surface area contributed by atoms with Crippen molar-refractivity contribution in [2.45, 2.75) is 11.3 Å². The number of fused-ring (bicyclic) bond motifs is 3. The quantitative estimate of drug-likeness (QED) is 0.593. The average Bonchev–Trinajstić information content (AvgIpc) is 2.66. The molecule has 0 bridgehead atoms. The van der Waals surface area contributed by atoms with Crippen LogP contribution in [0.5, 0.6) is 0 Å². The molecule has 2 aromatic rings. The monoisotopic (exact) mass is 202 g/mol. The van der Waals surface area contributed by atoms with E-state index in [4.69, 9.17) is 0 Å². The minimum absolute atomic E-state index is 1.22. The minimum Gasteiger partial charge on any atom is -0.201 e. The van der Waals surface area contributed by atoms with Gasteiger partial charge in [-0.1, -0.05) is 12.1 Å². The highest BCUT2D eigenvalue weighted by Gasteiger charge is 2.19. The van der Waals surface area contributed by atoms with E-state index in [0.29, 0.717) is 0 Å². The molecule has 1 nitrogen and oxygen atoms in total. The van der Waals surface area contributed by atoms with Gasteiger partial charge in [-0.05, 0) is 12.5 Å². The summed E-state index contributed by atoms with van der Waals surface area (Å²) in [6.45, 7) is 0. The van der Waals surface area contributed by atoms with Crippen molar-refractivity contribution >= 4 is 22.7 Å². The van der Waals surface area contributed by atoms with E-state index < -0.39 is 0 Å². The molecule has 1 aromatic carbocycles. The predicted octanol–water partition coefficient (Wildman–Crippen LogP) is 2.31. The Morgan fingerprint density at radius 3 is 3.07 bits per heavy atom. The average molecular weight is 202 g/mol. The third-order valence-electron chi connectivity index (χ3n) is 2.79. The van der Waals surface area contributed by atoms with Crippen molar-refractivity contribution in [3.8, 4) is 0 Å². The number of aryl methyl sites for hydroxylation is 2. The van der Waals surface area contributed by atoms with Gasteiger partial charge in [0, 0.05) is 22.3 Å². The van der Waals surface area contributed by atoms with Gasteiger partial charge >= 0.3 is 0 Å². The Balaban J connectivity index is 2.47. The van der Waals surface area contributed by atoms with Crippen LogP contribution < -0.4 is 4.57 Å². The summed E-state index contributed by atoms with van der Waals surface area (Å²) in [5, 5.41) is 1.41. The van der Waals surface area contributed by atoms with Gasteiger partial charge in [-0.2, -0.15) is 0 Å². The zero-order valence-electron chi connectivity index (χ0n) is 8.16. The fourth-order valence-electron chi connectivity index (χ4n) is 2.12. The van der Waals surface area contributed by atoms with Crippen molar-refractivity contribution in [2.24, 2.45) is 7.05 Å². The van der Waals surface area contributed by atoms with Crippen molar-refractivity contribution < 1.29 is 4.57 Å². The highest BCUT2D eigenvalue weighted by Crippen LogP contribution is 2.35. The molecule has 0 saturated heterocycles. The van der Waals surface area contributed by atoms with Crippen molar-refractivity contribution in [3.05, 3.63) is 36.0 Å². The first kappa shape index (κ1) is 8.30. The Morgan fingerprint density at radius 1 is 1.29 bits per heavy atom. The maximum atomic E-state index is 2.28. The van der Waals surface area contributed by atoms with E-state index in [9.17, 15) is 0 Å². The molecule has 0 unspecified atom stereocenters. The van der Waals surface area contributed by atoms with Crippen molar-refractivity contribution in [3.63, 3.8) is 0 Å². The molecule has 0 fully saturated rings. The van der Waals surface area contributed by atoms with Gasteiger partial charge in [0.15, 0.2) is 6.20 Å². The summed E-state index contributed by atoms with van der Waals surface area (Å²) in [7, 11) is 2.13.